The Morgan fingerprint density at radius 1 is 1.50 bits per heavy atom. The molecule has 0 aliphatic rings. The average molecular weight is 235 g/mol. The molecule has 1 N–H and O–H groups in total. The van der Waals surface area contributed by atoms with E-state index in [-0.39, 0.29) is 0 Å². The quantitative estimate of drug-likeness (QED) is 0.888. The lowest BCUT2D eigenvalue weighted by atomic mass is 10.1. The summed E-state index contributed by atoms with van der Waals surface area (Å²) in [5, 5.41) is 9.96. The van der Waals surface area contributed by atoms with Crippen LogP contribution in [0.5, 0.6) is 0 Å². The fourth-order valence-electron chi connectivity index (χ4n) is 1.54. The number of hydrogen-bond acceptors (Lipinski definition) is 3. The van der Waals surface area contributed by atoms with E-state index in [1.807, 2.05) is 0 Å². The van der Waals surface area contributed by atoms with Gasteiger partial charge < -0.3 is 5.11 Å². The van der Waals surface area contributed by atoms with Gasteiger partial charge in [-0.2, -0.15) is 0 Å². The number of nitrogens with zero attached hydrogens (tertiary/aromatic N) is 1. The molecule has 0 fully saturated rings. The van der Waals surface area contributed by atoms with Crippen LogP contribution in [0, 0.1) is 5.92 Å². The van der Waals surface area contributed by atoms with E-state index in [1.165, 1.54) is 0 Å². The third-order valence-corrected chi connectivity index (χ3v) is 3.30. The Balaban J connectivity index is 2.42. The van der Waals surface area contributed by atoms with E-state index in [0.717, 1.165) is 21.6 Å². The van der Waals surface area contributed by atoms with E-state index >= 15 is 0 Å². The van der Waals surface area contributed by atoms with Crippen LogP contribution in [-0.4, -0.2) is 16.1 Å². The number of aromatic nitrogens is 1. The van der Waals surface area contributed by atoms with Gasteiger partial charge in [0.25, 0.3) is 0 Å². The third-order valence-electron chi connectivity index (χ3n) is 2.26. The number of carbonyl (C=O) groups is 1. The molecule has 0 radical (unpaired) electrons. The van der Waals surface area contributed by atoms with Gasteiger partial charge in [0.1, 0.15) is 0 Å². The van der Waals surface area contributed by atoms with Crippen molar-refractivity contribution in [2.75, 3.05) is 0 Å². The van der Waals surface area contributed by atoms with Crippen LogP contribution >= 0.6 is 11.3 Å². The fourth-order valence-corrected chi connectivity index (χ4v) is 2.76. The third kappa shape index (κ3) is 2.22. The molecule has 1 aromatic carbocycles. The van der Waals surface area contributed by atoms with Crippen molar-refractivity contribution in [3.8, 4) is 0 Å². The molecular weight excluding hydrogens is 222 g/mol. The summed E-state index contributed by atoms with van der Waals surface area (Å²) < 4.78 is 0.954. The van der Waals surface area contributed by atoms with Crippen LogP contribution in [0.25, 0.3) is 10.2 Å². The standard InChI is InChI=1S/C12H13NO2S/c1-7(2)5-11-13-9-4-3-8(12(14)15)6-10(9)16-11/h3-4,6-7H,5H2,1-2H3,(H,14,15). The molecule has 2 rings (SSSR count). The number of benzene rings is 1. The summed E-state index contributed by atoms with van der Waals surface area (Å²) in [6, 6.07) is 5.07. The zero-order valence-electron chi connectivity index (χ0n) is 9.23. The van der Waals surface area contributed by atoms with Crippen molar-refractivity contribution in [3.63, 3.8) is 0 Å². The summed E-state index contributed by atoms with van der Waals surface area (Å²) in [7, 11) is 0. The Morgan fingerprint density at radius 3 is 2.88 bits per heavy atom. The van der Waals surface area contributed by atoms with Gasteiger partial charge >= 0.3 is 5.97 Å². The number of rotatable bonds is 3. The highest BCUT2D eigenvalue weighted by Crippen LogP contribution is 2.25. The van der Waals surface area contributed by atoms with Crippen LogP contribution < -0.4 is 0 Å². The van der Waals surface area contributed by atoms with Gasteiger partial charge in [0.05, 0.1) is 20.8 Å². The highest BCUT2D eigenvalue weighted by molar-refractivity contribution is 7.18. The number of fused-ring (bicyclic) bond motifs is 1. The van der Waals surface area contributed by atoms with Crippen molar-refractivity contribution in [1.82, 2.24) is 4.98 Å². The van der Waals surface area contributed by atoms with E-state index in [9.17, 15) is 4.79 Å². The molecule has 0 atom stereocenters. The highest BCUT2D eigenvalue weighted by atomic mass is 32.1. The van der Waals surface area contributed by atoms with Gasteiger partial charge in [-0.05, 0) is 24.1 Å². The van der Waals surface area contributed by atoms with Gasteiger partial charge in [-0.15, -0.1) is 11.3 Å². The number of carboxylic acid groups (broad SMARTS) is 1. The van der Waals surface area contributed by atoms with Crippen LogP contribution in [0.4, 0.5) is 0 Å². The van der Waals surface area contributed by atoms with Crippen LogP contribution in [0.1, 0.15) is 29.2 Å². The van der Waals surface area contributed by atoms with Crippen molar-refractivity contribution >= 4 is 27.5 Å². The Kier molecular flexibility index (Phi) is 2.92. The van der Waals surface area contributed by atoms with Crippen LogP contribution in [0.15, 0.2) is 18.2 Å². The zero-order chi connectivity index (χ0) is 11.7. The minimum Gasteiger partial charge on any atom is -0.478 e. The largest absolute Gasteiger partial charge is 0.478 e. The van der Waals surface area contributed by atoms with Gasteiger partial charge in [-0.25, -0.2) is 9.78 Å². The summed E-state index contributed by atoms with van der Waals surface area (Å²) in [4.78, 5) is 15.3. The van der Waals surface area contributed by atoms with Crippen molar-refractivity contribution in [3.05, 3.63) is 28.8 Å². The smallest absolute Gasteiger partial charge is 0.335 e. The lowest BCUT2D eigenvalue weighted by Gasteiger charge is -1.97. The fraction of sp³-hybridized carbons (Fsp3) is 0.333. The molecule has 1 aromatic heterocycles. The normalized spacial score (nSPS) is 11.2. The molecular formula is C12H13NO2S. The minimum atomic E-state index is -0.888. The monoisotopic (exact) mass is 235 g/mol. The zero-order valence-corrected chi connectivity index (χ0v) is 10.0. The summed E-state index contributed by atoms with van der Waals surface area (Å²) in [6.45, 7) is 4.30. The van der Waals surface area contributed by atoms with Crippen LogP contribution in [-0.2, 0) is 6.42 Å². The molecule has 0 spiro atoms. The molecule has 16 heavy (non-hydrogen) atoms. The van der Waals surface area contributed by atoms with Gasteiger partial charge in [0.15, 0.2) is 0 Å². The van der Waals surface area contributed by atoms with Crippen LogP contribution in [0.2, 0.25) is 0 Å². The predicted octanol–water partition coefficient (Wildman–Crippen LogP) is 3.19. The Hall–Kier alpha value is -1.42. The number of aromatic carboxylic acids is 1. The molecule has 0 aliphatic heterocycles. The van der Waals surface area contributed by atoms with Crippen molar-refractivity contribution < 1.29 is 9.90 Å². The molecule has 0 amide bonds. The predicted molar refractivity (Wildman–Crippen MR) is 65.1 cm³/mol. The van der Waals surface area contributed by atoms with E-state index < -0.39 is 5.97 Å². The summed E-state index contributed by atoms with van der Waals surface area (Å²) in [5.41, 5.74) is 1.22. The Labute approximate surface area is 97.8 Å². The second-order valence-corrected chi connectivity index (χ2v) is 5.31. The molecule has 4 heteroatoms. The van der Waals surface area contributed by atoms with E-state index in [4.69, 9.17) is 5.11 Å². The molecule has 0 aliphatic carbocycles. The van der Waals surface area contributed by atoms with Gasteiger partial charge in [-0.3, -0.25) is 0 Å². The Bertz CT molecular complexity index is 531. The SMILES string of the molecule is CC(C)Cc1nc2ccc(C(=O)O)cc2s1. The van der Waals surface area contributed by atoms with Crippen molar-refractivity contribution in [2.45, 2.75) is 20.3 Å². The first kappa shape index (κ1) is 11.1. The molecule has 0 saturated heterocycles. The summed E-state index contributed by atoms with van der Waals surface area (Å²) in [6.07, 6.45) is 0.946. The van der Waals surface area contributed by atoms with Gasteiger partial charge in [-0.1, -0.05) is 13.8 Å². The maximum absolute atomic E-state index is 10.8. The maximum Gasteiger partial charge on any atom is 0.335 e. The second-order valence-electron chi connectivity index (χ2n) is 4.19. The molecule has 0 bridgehead atoms. The van der Waals surface area contributed by atoms with Crippen LogP contribution in [0.3, 0.4) is 0 Å². The van der Waals surface area contributed by atoms with E-state index in [1.54, 1.807) is 29.5 Å². The molecule has 2 aromatic rings. The lowest BCUT2D eigenvalue weighted by molar-refractivity contribution is 0.0697. The maximum atomic E-state index is 10.8. The first-order valence-electron chi connectivity index (χ1n) is 5.19. The lowest BCUT2D eigenvalue weighted by Crippen LogP contribution is -1.94. The summed E-state index contributed by atoms with van der Waals surface area (Å²) >= 11 is 1.58. The first-order chi connectivity index (χ1) is 7.56. The topological polar surface area (TPSA) is 50.2 Å². The molecule has 0 unspecified atom stereocenters. The molecule has 84 valence electrons. The summed E-state index contributed by atoms with van der Waals surface area (Å²) in [5.74, 6) is -0.319. The molecule has 0 saturated carbocycles. The first-order valence-corrected chi connectivity index (χ1v) is 6.00. The van der Waals surface area contributed by atoms with Crippen molar-refractivity contribution in [2.24, 2.45) is 5.92 Å². The number of thiazole rings is 1. The number of hydrogen-bond donors (Lipinski definition) is 1. The second kappa shape index (κ2) is 4.22. The van der Waals surface area contributed by atoms with E-state index in [0.29, 0.717) is 11.5 Å². The van der Waals surface area contributed by atoms with Gasteiger partial charge in [0.2, 0.25) is 0 Å². The number of carboxylic acids is 1. The van der Waals surface area contributed by atoms with Crippen molar-refractivity contribution in [1.29, 1.82) is 0 Å². The average Bonchev–Trinajstić information content (AvgIpc) is 2.56. The Morgan fingerprint density at radius 2 is 2.25 bits per heavy atom. The molecule has 3 nitrogen and oxygen atoms in total. The molecule has 1 heterocycles. The van der Waals surface area contributed by atoms with E-state index in [2.05, 4.69) is 18.8 Å². The minimum absolute atomic E-state index is 0.326. The van der Waals surface area contributed by atoms with Gasteiger partial charge in [0, 0.05) is 6.42 Å². The highest BCUT2D eigenvalue weighted by Gasteiger charge is 2.08.